The number of amides is 2. The number of urea groups is 1. The fraction of sp³-hybridized carbons (Fsp3) is 0.900. The van der Waals surface area contributed by atoms with E-state index in [1.165, 1.54) is 4.31 Å². The van der Waals surface area contributed by atoms with Gasteiger partial charge in [-0.2, -0.15) is 17.4 Å². The van der Waals surface area contributed by atoms with Crippen LogP contribution in [0.4, 0.5) is 4.79 Å². The first-order chi connectivity index (χ1) is 8.53. The van der Waals surface area contributed by atoms with Crippen LogP contribution in [0.25, 0.3) is 0 Å². The van der Waals surface area contributed by atoms with Crippen molar-refractivity contribution in [2.75, 3.05) is 33.2 Å². The van der Waals surface area contributed by atoms with E-state index < -0.39 is 10.2 Å². The smallest absolute Gasteiger partial charge is 0.317 e. The van der Waals surface area contributed by atoms with E-state index in [4.69, 9.17) is 0 Å². The summed E-state index contributed by atoms with van der Waals surface area (Å²) in [5, 5.41) is 2.54. The molecular formula is C10H20N4O3S. The van der Waals surface area contributed by atoms with E-state index in [0.29, 0.717) is 32.6 Å². The SMILES string of the molecule is CNC(=O)N1CC[C@H](NS(=O)(=O)N2CCCC2)C1. The standard InChI is InChI=1S/C10H20N4O3S/c1-11-10(15)13-7-4-9(8-13)12-18(16,17)14-5-2-3-6-14/h9,12H,2-8H2,1H3,(H,11,15)/t9-/m0/s1. The highest BCUT2D eigenvalue weighted by Gasteiger charge is 2.32. The van der Waals surface area contributed by atoms with Crippen molar-refractivity contribution in [1.29, 1.82) is 0 Å². The summed E-state index contributed by atoms with van der Waals surface area (Å²) >= 11 is 0. The predicted octanol–water partition coefficient (Wildman–Crippen LogP) is -0.670. The molecule has 0 aromatic carbocycles. The fourth-order valence-corrected chi connectivity index (χ4v) is 3.91. The zero-order valence-corrected chi connectivity index (χ0v) is 11.4. The van der Waals surface area contributed by atoms with Gasteiger partial charge in [0.1, 0.15) is 0 Å². The van der Waals surface area contributed by atoms with Gasteiger partial charge in [0.15, 0.2) is 0 Å². The van der Waals surface area contributed by atoms with Gasteiger partial charge in [0.25, 0.3) is 10.2 Å². The van der Waals surface area contributed by atoms with Gasteiger partial charge < -0.3 is 10.2 Å². The van der Waals surface area contributed by atoms with E-state index in [1.807, 2.05) is 0 Å². The maximum Gasteiger partial charge on any atom is 0.317 e. The molecule has 0 aromatic rings. The molecule has 0 unspecified atom stereocenters. The summed E-state index contributed by atoms with van der Waals surface area (Å²) in [5.74, 6) is 0. The van der Waals surface area contributed by atoms with Crippen molar-refractivity contribution in [1.82, 2.24) is 19.2 Å². The molecule has 2 amide bonds. The minimum absolute atomic E-state index is 0.155. The first kappa shape index (κ1) is 13.6. The van der Waals surface area contributed by atoms with Crippen LogP contribution in [0.3, 0.4) is 0 Å². The molecule has 2 rings (SSSR count). The Hall–Kier alpha value is -0.860. The van der Waals surface area contributed by atoms with E-state index in [-0.39, 0.29) is 12.1 Å². The molecule has 7 nitrogen and oxygen atoms in total. The van der Waals surface area contributed by atoms with Crippen LogP contribution >= 0.6 is 0 Å². The number of nitrogens with zero attached hydrogens (tertiary/aromatic N) is 2. The maximum absolute atomic E-state index is 12.0. The molecule has 8 heteroatoms. The van der Waals surface area contributed by atoms with Gasteiger partial charge >= 0.3 is 6.03 Å². The van der Waals surface area contributed by atoms with E-state index in [0.717, 1.165) is 12.8 Å². The zero-order chi connectivity index (χ0) is 13.2. The van der Waals surface area contributed by atoms with Gasteiger partial charge in [0, 0.05) is 39.3 Å². The number of rotatable bonds is 3. The highest BCUT2D eigenvalue weighted by Crippen LogP contribution is 2.15. The number of carbonyl (C=O) groups excluding carboxylic acids is 1. The van der Waals surface area contributed by atoms with Gasteiger partial charge in [-0.05, 0) is 19.3 Å². The molecule has 0 spiro atoms. The Bertz CT molecular complexity index is 405. The molecule has 0 aromatic heterocycles. The maximum atomic E-state index is 12.0. The van der Waals surface area contributed by atoms with Crippen molar-refractivity contribution in [3.8, 4) is 0 Å². The van der Waals surface area contributed by atoms with Crippen LogP contribution in [0.15, 0.2) is 0 Å². The second kappa shape index (κ2) is 5.41. The minimum atomic E-state index is -3.37. The lowest BCUT2D eigenvalue weighted by molar-refractivity contribution is 0.210. The first-order valence-electron chi connectivity index (χ1n) is 6.27. The van der Waals surface area contributed by atoms with Gasteiger partial charge in [-0.3, -0.25) is 0 Å². The van der Waals surface area contributed by atoms with Crippen molar-refractivity contribution in [3.05, 3.63) is 0 Å². The van der Waals surface area contributed by atoms with Crippen LogP contribution < -0.4 is 10.0 Å². The Labute approximate surface area is 108 Å². The molecule has 2 aliphatic rings. The third-order valence-corrected chi connectivity index (χ3v) is 5.09. The first-order valence-corrected chi connectivity index (χ1v) is 7.71. The quantitative estimate of drug-likeness (QED) is 0.717. The second-order valence-corrected chi connectivity index (χ2v) is 6.42. The lowest BCUT2D eigenvalue weighted by Crippen LogP contribution is -2.46. The molecule has 0 radical (unpaired) electrons. The molecule has 18 heavy (non-hydrogen) atoms. The third-order valence-electron chi connectivity index (χ3n) is 3.41. The zero-order valence-electron chi connectivity index (χ0n) is 10.6. The van der Waals surface area contributed by atoms with E-state index in [2.05, 4.69) is 10.0 Å². The monoisotopic (exact) mass is 276 g/mol. The topological polar surface area (TPSA) is 81.8 Å². The molecule has 2 aliphatic heterocycles. The van der Waals surface area contributed by atoms with E-state index in [1.54, 1.807) is 11.9 Å². The normalized spacial score (nSPS) is 25.6. The molecule has 2 N–H and O–H groups in total. The fourth-order valence-electron chi connectivity index (χ4n) is 2.41. The Balaban J connectivity index is 1.89. The van der Waals surface area contributed by atoms with Crippen molar-refractivity contribution < 1.29 is 13.2 Å². The molecule has 0 bridgehead atoms. The summed E-state index contributed by atoms with van der Waals surface area (Å²) in [7, 11) is -1.80. The third kappa shape index (κ3) is 2.93. The Morgan fingerprint density at radius 2 is 1.89 bits per heavy atom. The molecule has 2 fully saturated rings. The molecule has 2 saturated heterocycles. The minimum Gasteiger partial charge on any atom is -0.341 e. The van der Waals surface area contributed by atoms with Crippen LogP contribution in [-0.4, -0.2) is 62.9 Å². The average molecular weight is 276 g/mol. The highest BCUT2D eigenvalue weighted by molar-refractivity contribution is 7.87. The predicted molar refractivity (Wildman–Crippen MR) is 67.3 cm³/mol. The average Bonchev–Trinajstić information content (AvgIpc) is 2.97. The Morgan fingerprint density at radius 1 is 1.22 bits per heavy atom. The van der Waals surface area contributed by atoms with Crippen LogP contribution in [0.1, 0.15) is 19.3 Å². The molecular weight excluding hydrogens is 256 g/mol. The number of likely N-dealkylation sites (tertiary alicyclic amines) is 1. The van der Waals surface area contributed by atoms with Crippen molar-refractivity contribution in [2.45, 2.75) is 25.3 Å². The largest absolute Gasteiger partial charge is 0.341 e. The summed E-state index contributed by atoms with van der Waals surface area (Å²) in [6.07, 6.45) is 2.52. The second-order valence-electron chi connectivity index (χ2n) is 4.72. The number of hydrogen-bond acceptors (Lipinski definition) is 3. The summed E-state index contributed by atoms with van der Waals surface area (Å²) in [4.78, 5) is 13.0. The lowest BCUT2D eigenvalue weighted by atomic mass is 10.3. The van der Waals surface area contributed by atoms with Gasteiger partial charge in [-0.1, -0.05) is 0 Å². The number of carbonyl (C=O) groups is 1. The van der Waals surface area contributed by atoms with Crippen LogP contribution in [0.5, 0.6) is 0 Å². The van der Waals surface area contributed by atoms with Gasteiger partial charge in [-0.15, -0.1) is 0 Å². The van der Waals surface area contributed by atoms with Crippen LogP contribution in [0, 0.1) is 0 Å². The number of hydrogen-bond donors (Lipinski definition) is 2. The van der Waals surface area contributed by atoms with Gasteiger partial charge in [-0.25, -0.2) is 4.79 Å². The molecule has 2 heterocycles. The molecule has 0 saturated carbocycles. The number of nitrogens with one attached hydrogen (secondary N) is 2. The summed E-state index contributed by atoms with van der Waals surface area (Å²) in [6.45, 7) is 2.22. The van der Waals surface area contributed by atoms with Crippen LogP contribution in [-0.2, 0) is 10.2 Å². The van der Waals surface area contributed by atoms with Crippen molar-refractivity contribution in [3.63, 3.8) is 0 Å². The molecule has 0 aliphatic carbocycles. The van der Waals surface area contributed by atoms with Gasteiger partial charge in [0.05, 0.1) is 0 Å². The summed E-state index contributed by atoms with van der Waals surface area (Å²) in [5.41, 5.74) is 0. The molecule has 1 atom stereocenters. The summed E-state index contributed by atoms with van der Waals surface area (Å²) in [6, 6.07) is -0.328. The summed E-state index contributed by atoms with van der Waals surface area (Å²) < 4.78 is 28.2. The van der Waals surface area contributed by atoms with Crippen molar-refractivity contribution >= 4 is 16.2 Å². The lowest BCUT2D eigenvalue weighted by Gasteiger charge is -2.20. The Kier molecular flexibility index (Phi) is 4.08. The highest BCUT2D eigenvalue weighted by atomic mass is 32.2. The van der Waals surface area contributed by atoms with Gasteiger partial charge in [0.2, 0.25) is 0 Å². The van der Waals surface area contributed by atoms with Crippen molar-refractivity contribution in [2.24, 2.45) is 0 Å². The van der Waals surface area contributed by atoms with E-state index >= 15 is 0 Å². The molecule has 104 valence electrons. The van der Waals surface area contributed by atoms with E-state index in [9.17, 15) is 13.2 Å². The van der Waals surface area contributed by atoms with Crippen LogP contribution in [0.2, 0.25) is 0 Å². The Morgan fingerprint density at radius 3 is 2.50 bits per heavy atom.